The van der Waals surface area contributed by atoms with Gasteiger partial charge in [-0.05, 0) is 73.3 Å². The van der Waals surface area contributed by atoms with Crippen LogP contribution < -0.4 is 4.74 Å². The van der Waals surface area contributed by atoms with Crippen LogP contribution in [0.25, 0.3) is 16.0 Å². The second-order valence-electron chi connectivity index (χ2n) is 8.13. The fraction of sp³-hybridized carbons (Fsp3) is 0.259. The number of piperidine rings is 1. The van der Waals surface area contributed by atoms with Gasteiger partial charge >= 0.3 is 5.97 Å². The minimum absolute atomic E-state index is 0. The number of likely N-dealkylation sites (tertiary alicyclic amines) is 1. The lowest BCUT2D eigenvalue weighted by Crippen LogP contribution is -2.33. The molecule has 0 unspecified atom stereocenters. The van der Waals surface area contributed by atoms with E-state index in [2.05, 4.69) is 11.5 Å². The van der Waals surface area contributed by atoms with Crippen LogP contribution in [-0.4, -0.2) is 48.0 Å². The summed E-state index contributed by atoms with van der Waals surface area (Å²) in [7, 11) is 0. The van der Waals surface area contributed by atoms with Gasteiger partial charge in [-0.25, -0.2) is 4.79 Å². The second-order valence-corrected chi connectivity index (χ2v) is 9.08. The van der Waals surface area contributed by atoms with Crippen LogP contribution in [0.4, 0.5) is 0 Å². The van der Waals surface area contributed by atoms with Gasteiger partial charge in [0.1, 0.15) is 12.4 Å². The van der Waals surface area contributed by atoms with Crippen molar-refractivity contribution in [3.63, 3.8) is 0 Å². The molecule has 0 atom stereocenters. The second kappa shape index (κ2) is 12.0. The Labute approximate surface area is 210 Å². The van der Waals surface area contributed by atoms with Crippen molar-refractivity contribution in [2.45, 2.75) is 19.3 Å². The van der Waals surface area contributed by atoms with Gasteiger partial charge in [0, 0.05) is 28.1 Å². The van der Waals surface area contributed by atoms with E-state index in [0.29, 0.717) is 29.1 Å². The van der Waals surface area contributed by atoms with E-state index in [-0.39, 0.29) is 23.8 Å². The van der Waals surface area contributed by atoms with Crippen molar-refractivity contribution < 1.29 is 19.4 Å². The Bertz CT molecular complexity index is 1140. The quantitative estimate of drug-likeness (QED) is 0.278. The van der Waals surface area contributed by atoms with Crippen LogP contribution in [0.2, 0.25) is 0 Å². The van der Waals surface area contributed by atoms with E-state index in [1.807, 2.05) is 35.7 Å². The smallest absolute Gasteiger partial charge is 0.335 e. The molecule has 1 aromatic heterocycles. The van der Waals surface area contributed by atoms with Crippen molar-refractivity contribution in [2.24, 2.45) is 0 Å². The average Bonchev–Trinajstić information content (AvgIpc) is 3.39. The van der Waals surface area contributed by atoms with Gasteiger partial charge in [0.25, 0.3) is 0 Å². The van der Waals surface area contributed by atoms with E-state index < -0.39 is 5.97 Å². The fourth-order valence-electron chi connectivity index (χ4n) is 4.02. The number of Topliss-reactive ketones (excluding diaryl/α,β-unsaturated/α-hetero) is 1. The highest BCUT2D eigenvalue weighted by molar-refractivity contribution is 7.13. The van der Waals surface area contributed by atoms with Gasteiger partial charge in [-0.2, -0.15) is 0 Å². The molecular formula is C27H28ClNO4S. The number of halogens is 1. The number of ether oxygens (including phenoxy) is 1. The summed E-state index contributed by atoms with van der Waals surface area (Å²) in [4.78, 5) is 27.8. The normalized spacial score (nSPS) is 13.6. The predicted molar refractivity (Wildman–Crippen MR) is 140 cm³/mol. The van der Waals surface area contributed by atoms with Crippen molar-refractivity contribution in [2.75, 3.05) is 26.2 Å². The van der Waals surface area contributed by atoms with Crippen LogP contribution in [-0.2, 0) is 0 Å². The van der Waals surface area contributed by atoms with E-state index in [9.17, 15) is 9.59 Å². The Morgan fingerprint density at radius 2 is 1.71 bits per heavy atom. The maximum Gasteiger partial charge on any atom is 0.335 e. The Morgan fingerprint density at radius 1 is 1.00 bits per heavy atom. The van der Waals surface area contributed by atoms with Gasteiger partial charge in [-0.3, -0.25) is 9.69 Å². The molecule has 0 spiro atoms. The molecule has 4 rings (SSSR count). The van der Waals surface area contributed by atoms with Crippen LogP contribution in [0.5, 0.6) is 5.75 Å². The molecule has 0 saturated carbocycles. The van der Waals surface area contributed by atoms with Crippen LogP contribution >= 0.6 is 23.7 Å². The van der Waals surface area contributed by atoms with E-state index in [0.717, 1.165) is 30.1 Å². The molecule has 0 aliphatic carbocycles. The number of allylic oxidation sites excluding steroid dienone is 1. The zero-order valence-corrected chi connectivity index (χ0v) is 20.5. The minimum Gasteiger partial charge on any atom is -0.492 e. The lowest BCUT2D eigenvalue weighted by Gasteiger charge is -2.26. The summed E-state index contributed by atoms with van der Waals surface area (Å²) in [5.41, 5.74) is 2.51. The third-order valence-corrected chi connectivity index (χ3v) is 6.81. The number of rotatable bonds is 9. The Balaban J connectivity index is 0.00000324. The highest BCUT2D eigenvalue weighted by Crippen LogP contribution is 2.34. The first-order valence-electron chi connectivity index (χ1n) is 11.1. The molecule has 0 amide bonds. The number of carboxylic acid groups (broad SMARTS) is 1. The Kier molecular flexibility index (Phi) is 9.05. The van der Waals surface area contributed by atoms with Crippen molar-refractivity contribution in [1.29, 1.82) is 0 Å². The highest BCUT2D eigenvalue weighted by Gasteiger charge is 2.19. The summed E-state index contributed by atoms with van der Waals surface area (Å²) < 4.78 is 6.14. The summed E-state index contributed by atoms with van der Waals surface area (Å²) in [6.07, 6.45) is 3.75. The number of hydrogen-bond acceptors (Lipinski definition) is 5. The summed E-state index contributed by atoms with van der Waals surface area (Å²) in [6.45, 7) is 7.68. The molecule has 0 radical (unpaired) electrons. The third kappa shape index (κ3) is 6.14. The number of nitrogens with zero attached hydrogens (tertiary/aromatic N) is 1. The standard InChI is InChI=1S/C27H27NO4S.ClH/c1-19(26(29)20-7-9-21(10-8-20)27(30)31)23-18-22(25-6-5-17-33-25)11-12-24(23)32-16-15-28-13-3-2-4-14-28;/h5-12,17-18H,1-4,13-16H2,(H,30,31);1H. The number of benzene rings is 2. The van der Waals surface area contributed by atoms with E-state index >= 15 is 0 Å². The average molecular weight is 498 g/mol. The Hall–Kier alpha value is -2.93. The number of thiophene rings is 1. The summed E-state index contributed by atoms with van der Waals surface area (Å²) >= 11 is 1.63. The topological polar surface area (TPSA) is 66.8 Å². The number of hydrogen-bond donors (Lipinski definition) is 1. The van der Waals surface area contributed by atoms with Gasteiger partial charge < -0.3 is 9.84 Å². The molecule has 1 saturated heterocycles. The van der Waals surface area contributed by atoms with E-state index in [1.165, 1.54) is 43.5 Å². The van der Waals surface area contributed by atoms with Crippen molar-refractivity contribution in [3.8, 4) is 16.2 Å². The van der Waals surface area contributed by atoms with Crippen molar-refractivity contribution in [3.05, 3.63) is 83.2 Å². The first kappa shape index (κ1) is 25.7. The monoisotopic (exact) mass is 497 g/mol. The van der Waals surface area contributed by atoms with Crippen LogP contribution in [0.1, 0.15) is 45.5 Å². The molecule has 178 valence electrons. The van der Waals surface area contributed by atoms with Crippen molar-refractivity contribution >= 4 is 41.1 Å². The summed E-state index contributed by atoms with van der Waals surface area (Å²) in [5, 5.41) is 11.1. The zero-order valence-electron chi connectivity index (χ0n) is 18.9. The molecule has 1 fully saturated rings. The van der Waals surface area contributed by atoms with E-state index in [4.69, 9.17) is 9.84 Å². The maximum absolute atomic E-state index is 13.2. The van der Waals surface area contributed by atoms with Crippen LogP contribution in [0.15, 0.2) is 66.6 Å². The van der Waals surface area contributed by atoms with Crippen molar-refractivity contribution in [1.82, 2.24) is 4.90 Å². The molecule has 2 aromatic carbocycles. The molecular weight excluding hydrogens is 470 g/mol. The molecule has 3 aromatic rings. The molecule has 0 bridgehead atoms. The van der Waals surface area contributed by atoms with Crippen LogP contribution in [0, 0.1) is 0 Å². The SMILES string of the molecule is C=C(C(=O)c1ccc(C(=O)O)cc1)c1cc(-c2cccs2)ccc1OCCN1CCCCC1.Cl. The molecule has 5 nitrogen and oxygen atoms in total. The lowest BCUT2D eigenvalue weighted by atomic mass is 9.95. The van der Waals surface area contributed by atoms with Gasteiger partial charge in [-0.15, -0.1) is 23.7 Å². The molecule has 1 N–H and O–H groups in total. The third-order valence-electron chi connectivity index (χ3n) is 5.89. The Morgan fingerprint density at radius 3 is 2.35 bits per heavy atom. The lowest BCUT2D eigenvalue weighted by molar-refractivity contribution is 0.0696. The number of aromatic carboxylic acids is 1. The zero-order chi connectivity index (χ0) is 23.2. The van der Waals surface area contributed by atoms with E-state index in [1.54, 1.807) is 11.3 Å². The molecule has 7 heteroatoms. The molecule has 2 heterocycles. The summed E-state index contributed by atoms with van der Waals surface area (Å²) in [6, 6.07) is 15.8. The molecule has 1 aliphatic heterocycles. The first-order valence-corrected chi connectivity index (χ1v) is 12.0. The fourth-order valence-corrected chi connectivity index (χ4v) is 4.74. The van der Waals surface area contributed by atoms with Gasteiger partial charge in [0.05, 0.1) is 5.56 Å². The predicted octanol–water partition coefficient (Wildman–Crippen LogP) is 6.30. The highest BCUT2D eigenvalue weighted by atomic mass is 35.5. The summed E-state index contributed by atoms with van der Waals surface area (Å²) in [5.74, 6) is -0.648. The van der Waals surface area contributed by atoms with Crippen LogP contribution in [0.3, 0.4) is 0 Å². The number of carboxylic acids is 1. The van der Waals surface area contributed by atoms with Gasteiger partial charge in [0.2, 0.25) is 0 Å². The number of carbonyl (C=O) groups excluding carboxylic acids is 1. The molecule has 1 aliphatic rings. The maximum atomic E-state index is 13.2. The minimum atomic E-state index is -1.03. The van der Waals surface area contributed by atoms with Gasteiger partial charge in [-0.1, -0.05) is 31.2 Å². The largest absolute Gasteiger partial charge is 0.492 e. The first-order chi connectivity index (χ1) is 16.0. The number of carbonyl (C=O) groups is 2. The molecule has 34 heavy (non-hydrogen) atoms. The number of ketones is 1. The van der Waals surface area contributed by atoms with Gasteiger partial charge in [0.15, 0.2) is 5.78 Å².